The maximum atomic E-state index is 13.2. The number of fused-ring (bicyclic) bond motifs is 1. The molecule has 2 heterocycles. The zero-order chi connectivity index (χ0) is 23.0. The van der Waals surface area contributed by atoms with Crippen LogP contribution in [0.15, 0.2) is 53.5 Å². The van der Waals surface area contributed by atoms with E-state index in [0.717, 1.165) is 33.5 Å². The Balaban J connectivity index is 1.63. The number of nitrogens with zero attached hydrogens (tertiary/aromatic N) is 3. The van der Waals surface area contributed by atoms with Crippen LogP contribution >= 0.6 is 0 Å². The van der Waals surface area contributed by atoms with Gasteiger partial charge in [0.15, 0.2) is 0 Å². The largest absolute Gasteiger partial charge is 0.343 e. The van der Waals surface area contributed by atoms with E-state index in [2.05, 4.69) is 10.4 Å². The van der Waals surface area contributed by atoms with Crippen molar-refractivity contribution in [3.8, 4) is 0 Å². The van der Waals surface area contributed by atoms with Crippen molar-refractivity contribution in [3.05, 3.63) is 92.9 Å². The quantitative estimate of drug-likeness (QED) is 0.512. The summed E-state index contributed by atoms with van der Waals surface area (Å²) in [5.41, 5.74) is 5.10. The topological polar surface area (TPSA) is 68.9 Å². The lowest BCUT2D eigenvalue weighted by atomic mass is 10.1. The van der Waals surface area contributed by atoms with E-state index in [0.29, 0.717) is 17.6 Å². The number of hydrogen-bond donors (Lipinski definition) is 1. The monoisotopic (exact) mass is 432 g/mol. The van der Waals surface area contributed by atoms with E-state index in [9.17, 15) is 14.0 Å². The Kier molecular flexibility index (Phi) is 5.65. The molecule has 0 aliphatic rings. The predicted octanol–water partition coefficient (Wildman–Crippen LogP) is 4.26. The lowest BCUT2D eigenvalue weighted by Crippen LogP contribution is -2.29. The van der Waals surface area contributed by atoms with Gasteiger partial charge in [-0.15, -0.1) is 0 Å². The molecule has 0 spiro atoms. The average Bonchev–Trinajstić information content (AvgIpc) is 2.96. The maximum absolute atomic E-state index is 13.2. The molecule has 0 bridgehead atoms. The Bertz CT molecular complexity index is 1360. The average molecular weight is 432 g/mol. The number of aromatic nitrogens is 3. The third-order valence-electron chi connectivity index (χ3n) is 5.66. The number of aryl methyl sites for hydroxylation is 4. The minimum absolute atomic E-state index is 0.177. The molecule has 0 atom stereocenters. The van der Waals surface area contributed by atoms with Crippen molar-refractivity contribution >= 4 is 22.4 Å². The second-order valence-electron chi connectivity index (χ2n) is 8.20. The highest BCUT2D eigenvalue weighted by Gasteiger charge is 2.17. The number of halogens is 1. The van der Waals surface area contributed by atoms with Gasteiger partial charge in [-0.25, -0.2) is 9.07 Å². The first-order chi connectivity index (χ1) is 15.2. The van der Waals surface area contributed by atoms with Gasteiger partial charge in [-0.05, 0) is 68.7 Å². The van der Waals surface area contributed by atoms with E-state index in [-0.39, 0.29) is 23.8 Å². The molecule has 1 amide bonds. The van der Waals surface area contributed by atoms with Crippen LogP contribution in [0.2, 0.25) is 0 Å². The summed E-state index contributed by atoms with van der Waals surface area (Å²) >= 11 is 0. The molecule has 32 heavy (non-hydrogen) atoms. The molecule has 0 saturated carbocycles. The Labute approximate surface area is 185 Å². The van der Waals surface area contributed by atoms with Crippen molar-refractivity contribution in [3.63, 3.8) is 0 Å². The van der Waals surface area contributed by atoms with E-state index in [1.807, 2.05) is 50.5 Å². The van der Waals surface area contributed by atoms with Crippen LogP contribution in [0.3, 0.4) is 0 Å². The molecule has 1 N–H and O–H groups in total. The number of carbonyl (C=O) groups is 1. The molecule has 164 valence electrons. The molecule has 0 saturated heterocycles. The van der Waals surface area contributed by atoms with Crippen LogP contribution in [0.25, 0.3) is 10.8 Å². The molecule has 0 aliphatic carbocycles. The number of rotatable bonds is 5. The molecule has 4 aromatic rings. The lowest BCUT2D eigenvalue weighted by molar-refractivity contribution is -0.117. The Morgan fingerprint density at radius 1 is 1.00 bits per heavy atom. The summed E-state index contributed by atoms with van der Waals surface area (Å²) in [5.74, 6) is -0.602. The van der Waals surface area contributed by atoms with Gasteiger partial charge in [0, 0.05) is 29.0 Å². The van der Waals surface area contributed by atoms with Gasteiger partial charge in [0.1, 0.15) is 12.4 Å². The standard InChI is InChI=1S/C25H25FN4O2/c1-15-9-16(2)11-21(10-15)28-23(31)14-30-25(32)24-18(4)29(17(3)22(24)12-27-30)13-19-5-7-20(26)8-6-19/h5-12H,13-14H2,1-4H3,(H,28,31). The van der Waals surface area contributed by atoms with Gasteiger partial charge in [-0.3, -0.25) is 9.59 Å². The molecular weight excluding hydrogens is 407 g/mol. The Hall–Kier alpha value is -3.74. The van der Waals surface area contributed by atoms with Crippen LogP contribution in [-0.2, 0) is 17.9 Å². The molecule has 2 aromatic heterocycles. The molecule has 4 rings (SSSR count). The fourth-order valence-corrected chi connectivity index (χ4v) is 4.15. The second-order valence-corrected chi connectivity index (χ2v) is 8.20. The van der Waals surface area contributed by atoms with Gasteiger partial charge in [0.05, 0.1) is 11.6 Å². The van der Waals surface area contributed by atoms with Crippen LogP contribution in [0, 0.1) is 33.5 Å². The van der Waals surface area contributed by atoms with Gasteiger partial charge >= 0.3 is 0 Å². The molecule has 0 fully saturated rings. The van der Waals surface area contributed by atoms with Crippen molar-refractivity contribution < 1.29 is 9.18 Å². The number of carbonyl (C=O) groups excluding carboxylic acids is 1. The fraction of sp³-hybridized carbons (Fsp3) is 0.240. The number of benzene rings is 2. The molecule has 7 heteroatoms. The number of hydrogen-bond acceptors (Lipinski definition) is 3. The second kappa shape index (κ2) is 8.42. The maximum Gasteiger partial charge on any atom is 0.276 e. The smallest absolute Gasteiger partial charge is 0.276 e. The molecule has 0 radical (unpaired) electrons. The number of amides is 1. The first kappa shape index (κ1) is 21.5. The minimum Gasteiger partial charge on any atom is -0.343 e. The highest BCUT2D eigenvalue weighted by Crippen LogP contribution is 2.23. The fourth-order valence-electron chi connectivity index (χ4n) is 4.15. The van der Waals surface area contributed by atoms with Gasteiger partial charge in [-0.1, -0.05) is 18.2 Å². The first-order valence-electron chi connectivity index (χ1n) is 10.4. The van der Waals surface area contributed by atoms with E-state index in [1.54, 1.807) is 18.3 Å². The summed E-state index contributed by atoms with van der Waals surface area (Å²) < 4.78 is 16.4. The molecule has 0 aliphatic heterocycles. The van der Waals surface area contributed by atoms with Crippen LogP contribution < -0.4 is 10.9 Å². The summed E-state index contributed by atoms with van der Waals surface area (Å²) in [5, 5.41) is 8.37. The van der Waals surface area contributed by atoms with Crippen molar-refractivity contribution in [1.82, 2.24) is 14.3 Å². The Morgan fingerprint density at radius 3 is 2.31 bits per heavy atom. The van der Waals surface area contributed by atoms with Gasteiger partial charge < -0.3 is 9.88 Å². The molecular formula is C25H25FN4O2. The Morgan fingerprint density at radius 2 is 1.66 bits per heavy atom. The number of nitrogens with one attached hydrogen (secondary N) is 1. The van der Waals surface area contributed by atoms with Crippen LogP contribution in [0.5, 0.6) is 0 Å². The van der Waals surface area contributed by atoms with E-state index >= 15 is 0 Å². The van der Waals surface area contributed by atoms with Crippen molar-refractivity contribution in [1.29, 1.82) is 0 Å². The van der Waals surface area contributed by atoms with Gasteiger partial charge in [0.25, 0.3) is 5.56 Å². The zero-order valence-electron chi connectivity index (χ0n) is 18.6. The van der Waals surface area contributed by atoms with Crippen LogP contribution in [0.4, 0.5) is 10.1 Å². The van der Waals surface area contributed by atoms with Gasteiger partial charge in [0.2, 0.25) is 5.91 Å². The van der Waals surface area contributed by atoms with Crippen LogP contribution in [-0.4, -0.2) is 20.3 Å². The highest BCUT2D eigenvalue weighted by atomic mass is 19.1. The van der Waals surface area contributed by atoms with Crippen LogP contribution in [0.1, 0.15) is 28.1 Å². The van der Waals surface area contributed by atoms with Crippen molar-refractivity contribution in [2.75, 3.05) is 5.32 Å². The third kappa shape index (κ3) is 4.19. The number of anilines is 1. The zero-order valence-corrected chi connectivity index (χ0v) is 18.6. The summed E-state index contributed by atoms with van der Waals surface area (Å²) in [6, 6.07) is 12.1. The van der Waals surface area contributed by atoms with E-state index in [4.69, 9.17) is 0 Å². The molecule has 0 unspecified atom stereocenters. The normalized spacial score (nSPS) is 11.2. The van der Waals surface area contributed by atoms with Gasteiger partial charge in [-0.2, -0.15) is 5.10 Å². The summed E-state index contributed by atoms with van der Waals surface area (Å²) in [4.78, 5) is 25.7. The minimum atomic E-state index is -0.316. The SMILES string of the molecule is Cc1cc(C)cc(NC(=O)Cn2ncc3c(C)n(Cc4ccc(F)cc4)c(C)c3c2=O)c1. The van der Waals surface area contributed by atoms with Crippen molar-refractivity contribution in [2.45, 2.75) is 40.8 Å². The summed E-state index contributed by atoms with van der Waals surface area (Å²) in [7, 11) is 0. The van der Waals surface area contributed by atoms with Crippen molar-refractivity contribution in [2.24, 2.45) is 0 Å². The summed E-state index contributed by atoms with van der Waals surface area (Å²) in [6.45, 7) is 8.06. The highest BCUT2D eigenvalue weighted by molar-refractivity contribution is 5.91. The molecule has 2 aromatic carbocycles. The lowest BCUT2D eigenvalue weighted by Gasteiger charge is -2.09. The molecule has 6 nitrogen and oxygen atoms in total. The first-order valence-corrected chi connectivity index (χ1v) is 10.4. The van der Waals surface area contributed by atoms with E-state index in [1.165, 1.54) is 16.8 Å². The van der Waals surface area contributed by atoms with E-state index < -0.39 is 0 Å². The predicted molar refractivity (Wildman–Crippen MR) is 124 cm³/mol. The summed E-state index contributed by atoms with van der Waals surface area (Å²) in [6.07, 6.45) is 1.63. The third-order valence-corrected chi connectivity index (χ3v) is 5.66.